The Morgan fingerprint density at radius 1 is 0.943 bits per heavy atom. The Morgan fingerprint density at radius 3 is 2.11 bits per heavy atom. The number of carboxylic acids is 1. The maximum atomic E-state index is 13.4. The first-order chi connectivity index (χ1) is 16.9. The number of benzene rings is 1. The first kappa shape index (κ1) is 24.3. The van der Waals surface area contributed by atoms with Gasteiger partial charge in [-0.2, -0.15) is 0 Å². The summed E-state index contributed by atoms with van der Waals surface area (Å²) >= 11 is 0. The highest BCUT2D eigenvalue weighted by Crippen LogP contribution is 2.61. The van der Waals surface area contributed by atoms with Crippen molar-refractivity contribution in [3.63, 3.8) is 0 Å². The number of aliphatic carboxylic acids is 1. The number of hydrogen-bond donors (Lipinski definition) is 2. The van der Waals surface area contributed by atoms with Crippen molar-refractivity contribution in [2.75, 3.05) is 26.2 Å². The molecule has 1 unspecified atom stereocenters. The van der Waals surface area contributed by atoms with Gasteiger partial charge in [0.15, 0.2) is 0 Å². The van der Waals surface area contributed by atoms with E-state index in [1.165, 1.54) is 24.8 Å². The minimum atomic E-state index is -0.939. The van der Waals surface area contributed by atoms with Crippen LogP contribution >= 0.6 is 0 Å². The summed E-state index contributed by atoms with van der Waals surface area (Å²) in [6.07, 6.45) is 7.92. The molecule has 4 bridgehead atoms. The smallest absolute Gasteiger partial charge is 0.303 e. The van der Waals surface area contributed by atoms with Gasteiger partial charge in [0.1, 0.15) is 6.04 Å². The zero-order valence-corrected chi connectivity index (χ0v) is 20.7. The summed E-state index contributed by atoms with van der Waals surface area (Å²) < 4.78 is 0. The number of carbonyl (C=O) groups is 3. The summed E-state index contributed by atoms with van der Waals surface area (Å²) in [5, 5.41) is 12.2. The van der Waals surface area contributed by atoms with E-state index in [0.29, 0.717) is 19.5 Å². The fraction of sp³-hybridized carbons (Fsp3) is 0.679. The molecular formula is C28H39N3O4. The maximum absolute atomic E-state index is 13.4. The predicted molar refractivity (Wildman–Crippen MR) is 132 cm³/mol. The Bertz CT molecular complexity index is 890. The summed E-state index contributed by atoms with van der Waals surface area (Å²) in [4.78, 5) is 42.0. The van der Waals surface area contributed by atoms with Gasteiger partial charge >= 0.3 is 5.97 Å². The average molecular weight is 482 g/mol. The topological polar surface area (TPSA) is 89.9 Å². The molecular weight excluding hydrogens is 442 g/mol. The molecule has 35 heavy (non-hydrogen) atoms. The number of piperazine rings is 1. The second-order valence-corrected chi connectivity index (χ2v) is 11.7. The van der Waals surface area contributed by atoms with Gasteiger partial charge in [0.2, 0.25) is 11.8 Å². The van der Waals surface area contributed by atoms with E-state index in [-0.39, 0.29) is 30.1 Å². The lowest BCUT2D eigenvalue weighted by molar-refractivity contribution is -0.142. The number of carbonyl (C=O) groups excluding carboxylic acids is 2. The molecule has 5 fully saturated rings. The number of carboxylic acid groups (broad SMARTS) is 1. The zero-order chi connectivity index (χ0) is 24.4. The normalized spacial score (nSPS) is 30.7. The number of amides is 2. The molecule has 1 atom stereocenters. The van der Waals surface area contributed by atoms with Crippen molar-refractivity contribution in [1.29, 1.82) is 0 Å². The largest absolute Gasteiger partial charge is 0.481 e. The molecule has 1 aliphatic heterocycles. The SMILES string of the molecule is O=C(O)CCC(NC(=O)CC12CC3CC(CC(C3)C1)C2)C(=O)N1CCN(Cc2ccccc2)CC1. The fourth-order valence-corrected chi connectivity index (χ4v) is 7.81. The van der Waals surface area contributed by atoms with E-state index in [1.54, 1.807) is 4.90 Å². The Morgan fingerprint density at radius 2 is 1.54 bits per heavy atom. The van der Waals surface area contributed by atoms with Crippen LogP contribution in [0.25, 0.3) is 0 Å². The summed E-state index contributed by atoms with van der Waals surface area (Å²) in [5.74, 6) is 1.16. The van der Waals surface area contributed by atoms with Crippen molar-refractivity contribution >= 4 is 17.8 Å². The highest BCUT2D eigenvalue weighted by Gasteiger charge is 2.51. The van der Waals surface area contributed by atoms with Crippen LogP contribution in [0.2, 0.25) is 0 Å². The minimum Gasteiger partial charge on any atom is -0.481 e. The van der Waals surface area contributed by atoms with Crippen LogP contribution in [0.15, 0.2) is 30.3 Å². The molecule has 7 heteroatoms. The second kappa shape index (κ2) is 10.3. The number of nitrogens with one attached hydrogen (secondary N) is 1. The Kier molecular flexibility index (Phi) is 7.14. The van der Waals surface area contributed by atoms with Crippen LogP contribution < -0.4 is 5.32 Å². The highest BCUT2D eigenvalue weighted by atomic mass is 16.4. The lowest BCUT2D eigenvalue weighted by Gasteiger charge is -2.56. The van der Waals surface area contributed by atoms with E-state index >= 15 is 0 Å². The number of hydrogen-bond acceptors (Lipinski definition) is 4. The molecule has 7 nitrogen and oxygen atoms in total. The van der Waals surface area contributed by atoms with Crippen molar-refractivity contribution in [1.82, 2.24) is 15.1 Å². The van der Waals surface area contributed by atoms with Gasteiger partial charge in [-0.05, 0) is 73.7 Å². The monoisotopic (exact) mass is 481 g/mol. The van der Waals surface area contributed by atoms with E-state index in [0.717, 1.165) is 56.7 Å². The van der Waals surface area contributed by atoms with Crippen LogP contribution in [0.5, 0.6) is 0 Å². The van der Waals surface area contributed by atoms with E-state index in [2.05, 4.69) is 22.3 Å². The quantitative estimate of drug-likeness (QED) is 0.565. The van der Waals surface area contributed by atoms with E-state index < -0.39 is 12.0 Å². The Balaban J connectivity index is 1.17. The molecule has 6 rings (SSSR count). The second-order valence-electron chi connectivity index (χ2n) is 11.7. The molecule has 190 valence electrons. The molecule has 2 amide bonds. The highest BCUT2D eigenvalue weighted by molar-refractivity contribution is 5.88. The average Bonchev–Trinajstić information content (AvgIpc) is 2.81. The van der Waals surface area contributed by atoms with Crippen molar-refractivity contribution in [3.05, 3.63) is 35.9 Å². The van der Waals surface area contributed by atoms with Crippen LogP contribution in [-0.2, 0) is 20.9 Å². The van der Waals surface area contributed by atoms with Crippen molar-refractivity contribution in [2.45, 2.75) is 70.4 Å². The Hall–Kier alpha value is -2.41. The molecule has 4 aliphatic carbocycles. The lowest BCUT2D eigenvalue weighted by Crippen LogP contribution is -2.55. The molecule has 4 saturated carbocycles. The van der Waals surface area contributed by atoms with Crippen molar-refractivity contribution in [2.24, 2.45) is 23.2 Å². The van der Waals surface area contributed by atoms with Crippen LogP contribution in [0, 0.1) is 23.2 Å². The van der Waals surface area contributed by atoms with Gasteiger partial charge in [0.25, 0.3) is 0 Å². The van der Waals surface area contributed by atoms with Crippen molar-refractivity contribution < 1.29 is 19.5 Å². The predicted octanol–water partition coefficient (Wildman–Crippen LogP) is 3.29. The van der Waals surface area contributed by atoms with Crippen molar-refractivity contribution in [3.8, 4) is 0 Å². The van der Waals surface area contributed by atoms with Crippen LogP contribution in [0.1, 0.15) is 63.4 Å². The third kappa shape index (κ3) is 5.88. The van der Waals surface area contributed by atoms with Gasteiger partial charge in [-0.1, -0.05) is 30.3 Å². The zero-order valence-electron chi connectivity index (χ0n) is 20.7. The summed E-state index contributed by atoms with van der Waals surface area (Å²) in [6, 6.07) is 9.54. The van der Waals surface area contributed by atoms with Crippen LogP contribution in [0.4, 0.5) is 0 Å². The van der Waals surface area contributed by atoms with E-state index in [4.69, 9.17) is 0 Å². The molecule has 0 aromatic heterocycles. The standard InChI is InChI=1S/C28H39N3O4/c32-25(18-28-15-21-12-22(16-28)14-23(13-21)17-28)29-24(6-7-26(33)34)27(35)31-10-8-30(9-11-31)19-20-4-2-1-3-5-20/h1-5,21-24H,6-19H2,(H,29,32)(H,33,34). The first-order valence-corrected chi connectivity index (χ1v) is 13.4. The molecule has 0 spiro atoms. The molecule has 1 saturated heterocycles. The molecule has 1 heterocycles. The summed E-state index contributed by atoms with van der Waals surface area (Å²) in [7, 11) is 0. The molecule has 1 aromatic rings. The van der Waals surface area contributed by atoms with Gasteiger partial charge in [0.05, 0.1) is 0 Å². The number of rotatable bonds is 9. The molecule has 0 radical (unpaired) electrons. The van der Waals surface area contributed by atoms with Gasteiger partial charge in [-0.15, -0.1) is 0 Å². The van der Waals surface area contributed by atoms with Crippen LogP contribution in [0.3, 0.4) is 0 Å². The first-order valence-electron chi connectivity index (χ1n) is 13.4. The lowest BCUT2D eigenvalue weighted by atomic mass is 9.49. The number of nitrogens with zero attached hydrogens (tertiary/aromatic N) is 2. The minimum absolute atomic E-state index is 0.0709. The fourth-order valence-electron chi connectivity index (χ4n) is 7.81. The van der Waals surface area contributed by atoms with Crippen LogP contribution in [-0.4, -0.2) is 64.9 Å². The third-order valence-corrected chi connectivity index (χ3v) is 8.91. The molecule has 2 N–H and O–H groups in total. The summed E-state index contributed by atoms with van der Waals surface area (Å²) in [5.41, 5.74) is 1.35. The maximum Gasteiger partial charge on any atom is 0.303 e. The van der Waals surface area contributed by atoms with E-state index in [1.807, 2.05) is 18.2 Å². The van der Waals surface area contributed by atoms with Gasteiger partial charge in [0, 0.05) is 45.6 Å². The van der Waals surface area contributed by atoms with Gasteiger partial charge in [-0.3, -0.25) is 19.3 Å². The Labute approximate surface area is 208 Å². The summed E-state index contributed by atoms with van der Waals surface area (Å²) in [6.45, 7) is 3.59. The van der Waals surface area contributed by atoms with Gasteiger partial charge < -0.3 is 15.3 Å². The molecule has 1 aromatic carbocycles. The van der Waals surface area contributed by atoms with E-state index in [9.17, 15) is 19.5 Å². The van der Waals surface area contributed by atoms with Gasteiger partial charge in [-0.25, -0.2) is 0 Å². The third-order valence-electron chi connectivity index (χ3n) is 8.91. The molecule has 5 aliphatic rings.